The van der Waals surface area contributed by atoms with Crippen molar-refractivity contribution in [2.75, 3.05) is 13.4 Å². The zero-order valence-electron chi connectivity index (χ0n) is 17.1. The highest BCUT2D eigenvalue weighted by atomic mass is 32.2. The van der Waals surface area contributed by atoms with Crippen LogP contribution in [0.2, 0.25) is 0 Å². The number of methoxy groups -OCH3 is 1. The second kappa shape index (κ2) is 8.27. The Bertz CT molecular complexity index is 1430. The number of rotatable bonds is 5. The third kappa shape index (κ3) is 4.35. The van der Waals surface area contributed by atoms with Crippen LogP contribution in [-0.4, -0.2) is 36.5 Å². The Balaban J connectivity index is 1.97. The van der Waals surface area contributed by atoms with Crippen molar-refractivity contribution in [3.63, 3.8) is 0 Å². The lowest BCUT2D eigenvalue weighted by Crippen LogP contribution is -2.08. The quantitative estimate of drug-likeness (QED) is 0.353. The van der Waals surface area contributed by atoms with Gasteiger partial charge in [-0.15, -0.1) is 11.3 Å². The highest BCUT2D eigenvalue weighted by molar-refractivity contribution is 7.90. The molecule has 0 aliphatic rings. The van der Waals surface area contributed by atoms with Crippen LogP contribution in [0, 0.1) is 5.82 Å². The van der Waals surface area contributed by atoms with Gasteiger partial charge in [-0.25, -0.2) is 22.5 Å². The number of alkyl halides is 3. The van der Waals surface area contributed by atoms with Gasteiger partial charge in [0.05, 0.1) is 29.7 Å². The van der Waals surface area contributed by atoms with Gasteiger partial charge in [0, 0.05) is 28.8 Å². The average Bonchev–Trinajstić information content (AvgIpc) is 3.42. The summed E-state index contributed by atoms with van der Waals surface area (Å²) in [5.74, 6) is -0.847. The van der Waals surface area contributed by atoms with Crippen molar-refractivity contribution in [2.24, 2.45) is 0 Å². The van der Waals surface area contributed by atoms with Crippen LogP contribution in [0.3, 0.4) is 0 Å². The number of halogens is 4. The first-order chi connectivity index (χ1) is 15.5. The molecule has 0 radical (unpaired) electrons. The summed E-state index contributed by atoms with van der Waals surface area (Å²) in [6, 6.07) is 8.71. The van der Waals surface area contributed by atoms with Gasteiger partial charge in [-0.05, 0) is 30.3 Å². The van der Waals surface area contributed by atoms with Crippen molar-refractivity contribution >= 4 is 21.2 Å². The number of benzene rings is 2. The van der Waals surface area contributed by atoms with Crippen molar-refractivity contribution in [2.45, 2.75) is 11.1 Å². The van der Waals surface area contributed by atoms with Crippen LogP contribution in [0.15, 0.2) is 58.3 Å². The molecular weight excluding hydrogens is 482 g/mol. The Labute approximate surface area is 190 Å². The number of sulfone groups is 1. The lowest BCUT2D eigenvalue weighted by atomic mass is 10.0. The minimum absolute atomic E-state index is 0.0252. The third-order valence-corrected chi connectivity index (χ3v) is 6.48. The van der Waals surface area contributed by atoms with Crippen LogP contribution in [0.5, 0.6) is 5.75 Å². The summed E-state index contributed by atoms with van der Waals surface area (Å²) in [4.78, 5) is 3.66. The van der Waals surface area contributed by atoms with Crippen molar-refractivity contribution in [1.82, 2.24) is 14.8 Å². The van der Waals surface area contributed by atoms with E-state index in [1.54, 1.807) is 29.1 Å². The molecule has 0 amide bonds. The summed E-state index contributed by atoms with van der Waals surface area (Å²) in [7, 11) is -2.49. The van der Waals surface area contributed by atoms with Gasteiger partial charge in [0.25, 0.3) is 0 Å². The molecule has 2 aromatic heterocycles. The number of aromatic nitrogens is 3. The van der Waals surface area contributed by atoms with Crippen LogP contribution in [-0.2, 0) is 16.0 Å². The molecule has 172 valence electrons. The Hall–Kier alpha value is -3.25. The summed E-state index contributed by atoms with van der Waals surface area (Å²) in [6.07, 6.45) is -3.94. The molecule has 33 heavy (non-hydrogen) atoms. The standard InChI is InChI=1S/C21H15F4N3O3S2/c1-31-20-13(16-10-32-11-26-16)4-3-5-14(20)17-9-19(21(23,24)25)27-28(17)12-6-7-18(15(22)8-12)33(2,29)30/h3-11H,1-2H3. The molecule has 0 saturated carbocycles. The molecule has 0 saturated heterocycles. The van der Waals surface area contributed by atoms with Gasteiger partial charge in [0.1, 0.15) is 16.5 Å². The maximum absolute atomic E-state index is 14.5. The minimum Gasteiger partial charge on any atom is -0.495 e. The van der Waals surface area contributed by atoms with E-state index in [2.05, 4.69) is 10.1 Å². The number of hydrogen-bond acceptors (Lipinski definition) is 6. The van der Waals surface area contributed by atoms with Gasteiger partial charge < -0.3 is 4.74 Å². The molecule has 0 fully saturated rings. The third-order valence-electron chi connectivity index (χ3n) is 4.76. The molecule has 2 aromatic carbocycles. The summed E-state index contributed by atoms with van der Waals surface area (Å²) >= 11 is 1.34. The fourth-order valence-electron chi connectivity index (χ4n) is 3.34. The normalized spacial score (nSPS) is 12.2. The minimum atomic E-state index is -4.77. The van der Waals surface area contributed by atoms with Crippen LogP contribution in [0.1, 0.15) is 5.69 Å². The van der Waals surface area contributed by atoms with E-state index in [4.69, 9.17) is 4.74 Å². The zero-order valence-corrected chi connectivity index (χ0v) is 18.7. The van der Waals surface area contributed by atoms with Crippen molar-refractivity contribution in [3.05, 3.63) is 64.9 Å². The number of nitrogens with zero attached hydrogens (tertiary/aromatic N) is 3. The van der Waals surface area contributed by atoms with E-state index in [-0.39, 0.29) is 22.7 Å². The Morgan fingerprint density at radius 1 is 1.09 bits per heavy atom. The molecule has 0 spiro atoms. The zero-order chi connectivity index (χ0) is 24.0. The van der Waals surface area contributed by atoms with Crippen LogP contribution in [0.25, 0.3) is 28.2 Å². The lowest BCUT2D eigenvalue weighted by Gasteiger charge is -2.14. The fourth-order valence-corrected chi connectivity index (χ4v) is 4.62. The summed E-state index contributed by atoms with van der Waals surface area (Å²) in [5, 5.41) is 5.40. The predicted molar refractivity (Wildman–Crippen MR) is 115 cm³/mol. The van der Waals surface area contributed by atoms with E-state index in [9.17, 15) is 26.0 Å². The van der Waals surface area contributed by atoms with Crippen molar-refractivity contribution < 1.29 is 30.7 Å². The van der Waals surface area contributed by atoms with Crippen molar-refractivity contribution in [3.8, 4) is 34.0 Å². The topological polar surface area (TPSA) is 74.1 Å². The predicted octanol–water partition coefficient (Wildman–Crippen LogP) is 5.23. The number of thiazole rings is 1. The molecule has 0 atom stereocenters. The molecule has 2 heterocycles. The first-order valence-electron chi connectivity index (χ1n) is 9.24. The van der Waals surface area contributed by atoms with Crippen LogP contribution in [0.4, 0.5) is 17.6 Å². The largest absolute Gasteiger partial charge is 0.495 e. The van der Waals surface area contributed by atoms with E-state index in [0.717, 1.165) is 29.1 Å². The summed E-state index contributed by atoms with van der Waals surface area (Å²) < 4.78 is 85.0. The van der Waals surface area contributed by atoms with E-state index in [0.29, 0.717) is 11.3 Å². The summed E-state index contributed by atoms with van der Waals surface area (Å²) in [6.45, 7) is 0. The maximum atomic E-state index is 14.5. The molecule has 12 heteroatoms. The monoisotopic (exact) mass is 497 g/mol. The molecule has 4 aromatic rings. The second-order valence-corrected chi connectivity index (χ2v) is 9.67. The van der Waals surface area contributed by atoms with Gasteiger partial charge in [0.2, 0.25) is 0 Å². The van der Waals surface area contributed by atoms with Gasteiger partial charge in [-0.1, -0.05) is 6.07 Å². The Morgan fingerprint density at radius 2 is 1.82 bits per heavy atom. The van der Waals surface area contributed by atoms with Gasteiger partial charge in [-0.2, -0.15) is 18.3 Å². The molecule has 4 rings (SSSR count). The smallest absolute Gasteiger partial charge is 0.435 e. The van der Waals surface area contributed by atoms with E-state index < -0.39 is 32.4 Å². The van der Waals surface area contributed by atoms with Gasteiger partial charge in [0.15, 0.2) is 15.5 Å². The number of para-hydroxylation sites is 1. The van der Waals surface area contributed by atoms with E-state index >= 15 is 0 Å². The molecule has 6 nitrogen and oxygen atoms in total. The highest BCUT2D eigenvalue weighted by Crippen LogP contribution is 2.41. The molecule has 0 aliphatic carbocycles. The van der Waals surface area contributed by atoms with Gasteiger partial charge in [-0.3, -0.25) is 0 Å². The Kier molecular flexibility index (Phi) is 5.74. The first-order valence-corrected chi connectivity index (χ1v) is 12.1. The molecule has 0 bridgehead atoms. The highest BCUT2D eigenvalue weighted by Gasteiger charge is 2.36. The number of ether oxygens (including phenoxy) is 1. The Morgan fingerprint density at radius 3 is 2.39 bits per heavy atom. The molecular formula is C21H15F4N3O3S2. The number of hydrogen-bond donors (Lipinski definition) is 0. The maximum Gasteiger partial charge on any atom is 0.435 e. The molecule has 0 aliphatic heterocycles. The average molecular weight is 497 g/mol. The van der Waals surface area contributed by atoms with Gasteiger partial charge >= 0.3 is 6.18 Å². The van der Waals surface area contributed by atoms with Crippen LogP contribution < -0.4 is 4.74 Å². The van der Waals surface area contributed by atoms with Crippen molar-refractivity contribution in [1.29, 1.82) is 0 Å². The van der Waals surface area contributed by atoms with Crippen LogP contribution >= 0.6 is 11.3 Å². The molecule has 0 unspecified atom stereocenters. The molecule has 0 N–H and O–H groups in total. The van der Waals surface area contributed by atoms with E-state index in [1.807, 2.05) is 0 Å². The SMILES string of the molecule is COc1c(-c2cscn2)cccc1-c1cc(C(F)(F)F)nn1-c1ccc(S(C)(=O)=O)c(F)c1. The fraction of sp³-hybridized carbons (Fsp3) is 0.143. The van der Waals surface area contributed by atoms with E-state index in [1.165, 1.54) is 24.5 Å². The summed E-state index contributed by atoms with van der Waals surface area (Å²) in [5.41, 5.74) is 1.68. The lowest BCUT2D eigenvalue weighted by molar-refractivity contribution is -0.141. The second-order valence-electron chi connectivity index (χ2n) is 6.97. The first kappa shape index (κ1) is 22.9.